The van der Waals surface area contributed by atoms with Crippen molar-refractivity contribution in [3.05, 3.63) is 27.7 Å². The fraction of sp³-hybridized carbons (Fsp3) is 0.462. The molecule has 4 N–H and O–H groups in total. The summed E-state index contributed by atoms with van der Waals surface area (Å²) in [5.74, 6) is -0.213. The van der Waals surface area contributed by atoms with Crippen molar-refractivity contribution >= 4 is 18.0 Å². The van der Waals surface area contributed by atoms with Crippen molar-refractivity contribution < 1.29 is 81.7 Å². The van der Waals surface area contributed by atoms with Gasteiger partial charge in [-0.05, 0) is 11.6 Å². The maximum absolute atomic E-state index is 9.64. The maximum atomic E-state index is 9.64. The Bertz CT molecular complexity index is 143. The first-order chi connectivity index (χ1) is 7.95. The minimum atomic E-state index is -0.500. The summed E-state index contributed by atoms with van der Waals surface area (Å²) < 4.78 is 0. The molecule has 7 heteroatoms. The molecular formula is C13H29NO4U2. The molecule has 118 valence electrons. The quantitative estimate of drug-likeness (QED) is 0.346. The van der Waals surface area contributed by atoms with Crippen LogP contribution in [0.25, 0.3) is 0 Å². The Morgan fingerprint density at radius 2 is 0.950 bits per heavy atom. The van der Waals surface area contributed by atoms with Crippen LogP contribution in [0.15, 0.2) is 0 Å². The molecule has 0 bridgehead atoms. The van der Waals surface area contributed by atoms with E-state index in [0.29, 0.717) is 12.8 Å². The molecule has 0 heterocycles. The van der Waals surface area contributed by atoms with Gasteiger partial charge in [0, 0.05) is 6.47 Å². The molecular weight excluding hydrogens is 710 g/mol. The summed E-state index contributed by atoms with van der Waals surface area (Å²) >= 11 is 0. The first-order valence-electron chi connectivity index (χ1n) is 5.29. The fourth-order valence-corrected chi connectivity index (χ4v) is 0. The fourth-order valence-electron chi connectivity index (χ4n) is 0. The third kappa shape index (κ3) is 271. The molecule has 0 aromatic rings. The number of hydrogen-bond acceptors (Lipinski definition) is 4. The van der Waals surface area contributed by atoms with Crippen LogP contribution >= 0.6 is 0 Å². The van der Waals surface area contributed by atoms with Crippen LogP contribution in [-0.2, 0) is 14.4 Å². The predicted octanol–water partition coefficient (Wildman–Crippen LogP) is 2.02. The number of quaternary nitrogens is 1. The van der Waals surface area contributed by atoms with Crippen LogP contribution in [-0.4, -0.2) is 18.0 Å². The van der Waals surface area contributed by atoms with E-state index in [9.17, 15) is 9.59 Å². The van der Waals surface area contributed by atoms with Gasteiger partial charge < -0.3 is 53.3 Å². The average molecular weight is 739 g/mol. The molecule has 0 aliphatic heterocycles. The number of Topliss-reactive ketones (excluding diaryl/α,β-unsaturated/α-hetero) is 2. The molecule has 0 amide bonds. The molecule has 0 saturated heterocycles. The molecule has 0 fully saturated rings. The standard InChI is InChI=1S/2C4H6O.2C2H6.CH2O2.H3N.2U/c2*1-3-4(2)5;2*1-2;2-1-3;;;/h2*1-3H2;2*1-2H3;1H,(H,2,3);1H3;;/q2*-2;;;;;2*+2. The Balaban J connectivity index is -0.0000000152. The first kappa shape index (κ1) is 49.8. The number of carbonyl (C=O) groups is 3. The molecule has 0 spiro atoms. The van der Waals surface area contributed by atoms with Crippen LogP contribution in [0.4, 0.5) is 0 Å². The van der Waals surface area contributed by atoms with Gasteiger partial charge in [0.05, 0.1) is 0 Å². The number of ketones is 2. The van der Waals surface area contributed by atoms with E-state index < -0.39 is 6.47 Å². The molecule has 0 saturated carbocycles. The van der Waals surface area contributed by atoms with Gasteiger partial charge in [0.1, 0.15) is 0 Å². The number of carbonyl (C=O) groups excluding carboxylic acids is 3. The Morgan fingerprint density at radius 3 is 0.950 bits per heavy atom. The minimum Gasteiger partial charge on any atom is -0.554 e. The van der Waals surface area contributed by atoms with Crippen molar-refractivity contribution in [2.75, 3.05) is 0 Å². The second kappa shape index (κ2) is 73.5. The average Bonchev–Trinajstić information content (AvgIpc) is 2.35. The van der Waals surface area contributed by atoms with E-state index in [1.807, 2.05) is 27.7 Å². The van der Waals surface area contributed by atoms with Crippen LogP contribution in [0.3, 0.4) is 0 Å². The third-order valence-corrected chi connectivity index (χ3v) is 0.558. The molecule has 0 aliphatic rings. The Hall–Kier alpha value is 0.614. The summed E-state index contributed by atoms with van der Waals surface area (Å²) in [5, 5.41) is 8.25. The second-order valence-electron chi connectivity index (χ2n) is 1.67. The molecule has 0 radical (unpaired) electrons. The minimum absolute atomic E-state index is 0. The summed E-state index contributed by atoms with van der Waals surface area (Å²) in [6.45, 7) is 20.2. The Labute approximate surface area is 172 Å². The van der Waals surface area contributed by atoms with Crippen LogP contribution < -0.4 is 11.3 Å². The molecule has 0 aromatic heterocycles. The van der Waals surface area contributed by atoms with E-state index in [-0.39, 0.29) is 79.9 Å². The van der Waals surface area contributed by atoms with Crippen molar-refractivity contribution in [3.63, 3.8) is 0 Å². The van der Waals surface area contributed by atoms with Crippen molar-refractivity contribution in [1.82, 2.24) is 6.15 Å². The van der Waals surface area contributed by atoms with Crippen LogP contribution in [0.5, 0.6) is 0 Å². The van der Waals surface area contributed by atoms with Gasteiger partial charge in [-0.2, -0.15) is 12.8 Å². The summed E-state index contributed by atoms with van der Waals surface area (Å²) in [7, 11) is 0. The van der Waals surface area contributed by atoms with E-state index >= 15 is 0 Å². The van der Waals surface area contributed by atoms with Crippen LogP contribution in [0, 0.1) is 89.9 Å². The first-order valence-corrected chi connectivity index (χ1v) is 5.29. The number of carboxylic acid groups (broad SMARTS) is 1. The van der Waals surface area contributed by atoms with Gasteiger partial charge in [-0.1, -0.05) is 27.7 Å². The van der Waals surface area contributed by atoms with Gasteiger partial charge in [-0.25, -0.2) is 0 Å². The van der Waals surface area contributed by atoms with Gasteiger partial charge in [-0.3, -0.25) is 0 Å². The van der Waals surface area contributed by atoms with E-state index in [4.69, 9.17) is 9.90 Å². The summed E-state index contributed by atoms with van der Waals surface area (Å²) in [6, 6.07) is 0. The normalized spacial score (nSPS) is 4.90. The molecule has 0 unspecified atom stereocenters. The zero-order valence-electron chi connectivity index (χ0n) is 13.5. The van der Waals surface area contributed by atoms with E-state index in [1.54, 1.807) is 0 Å². The SMILES string of the molecule is CC.CC.O=C[O-].[CH2-]CC([CH2-])=O.[CH2-]CC([CH2-])=O.[NH4+].[U+2].[U+2]. The van der Waals surface area contributed by atoms with Crippen molar-refractivity contribution in [2.24, 2.45) is 0 Å². The van der Waals surface area contributed by atoms with Crippen molar-refractivity contribution in [1.29, 1.82) is 0 Å². The van der Waals surface area contributed by atoms with Gasteiger partial charge in [-0.15, -0.1) is 0 Å². The van der Waals surface area contributed by atoms with Gasteiger partial charge >= 0.3 is 62.2 Å². The van der Waals surface area contributed by atoms with E-state index in [2.05, 4.69) is 27.7 Å². The molecule has 5 nitrogen and oxygen atoms in total. The Kier molecular flexibility index (Phi) is 183. The van der Waals surface area contributed by atoms with Crippen LogP contribution in [0.1, 0.15) is 40.5 Å². The maximum Gasteiger partial charge on any atom is 2.00 e. The molecule has 20 heavy (non-hydrogen) atoms. The van der Waals surface area contributed by atoms with E-state index in [1.165, 1.54) is 0 Å². The summed E-state index contributed by atoms with van der Waals surface area (Å²) in [6.07, 6.45) is 0.611. The van der Waals surface area contributed by atoms with Crippen LogP contribution in [0.2, 0.25) is 0 Å². The van der Waals surface area contributed by atoms with Gasteiger partial charge in [0.25, 0.3) is 0 Å². The third-order valence-electron chi connectivity index (χ3n) is 0.558. The smallest absolute Gasteiger partial charge is 0.554 e. The molecule has 0 aromatic carbocycles. The van der Waals surface area contributed by atoms with Gasteiger partial charge in [0.15, 0.2) is 0 Å². The summed E-state index contributed by atoms with van der Waals surface area (Å²) in [5.41, 5.74) is 0. The number of hydrogen-bond donors (Lipinski definition) is 1. The zero-order chi connectivity index (χ0) is 15.3. The second-order valence-corrected chi connectivity index (χ2v) is 1.67. The largest absolute Gasteiger partial charge is 2.00 e. The van der Waals surface area contributed by atoms with Crippen molar-refractivity contribution in [3.8, 4) is 0 Å². The topological polar surface area (TPSA) is 111 Å². The van der Waals surface area contributed by atoms with E-state index in [0.717, 1.165) is 0 Å². The monoisotopic (exact) mass is 739 g/mol. The van der Waals surface area contributed by atoms with Crippen molar-refractivity contribution in [2.45, 2.75) is 40.5 Å². The predicted molar refractivity (Wildman–Crippen MR) is 75.4 cm³/mol. The zero-order valence-corrected chi connectivity index (χ0v) is 21.8. The number of rotatable bonds is 2. The van der Waals surface area contributed by atoms with Gasteiger partial charge in [0.2, 0.25) is 0 Å². The summed E-state index contributed by atoms with van der Waals surface area (Å²) in [4.78, 5) is 27.5. The molecule has 0 rings (SSSR count). The molecule has 0 aliphatic carbocycles. The Morgan fingerprint density at radius 1 is 0.900 bits per heavy atom. The molecule has 0 atom stereocenters.